The molecule has 1 atom stereocenters. The van der Waals surface area contributed by atoms with E-state index in [0.717, 1.165) is 5.56 Å². The van der Waals surface area contributed by atoms with Crippen LogP contribution in [0.4, 0.5) is 5.82 Å². The third-order valence-electron chi connectivity index (χ3n) is 1.76. The number of nitrogens with one attached hydrogen (secondary N) is 1. The molecule has 0 bridgehead atoms. The summed E-state index contributed by atoms with van der Waals surface area (Å²) in [5, 5.41) is 3.05. The van der Waals surface area contributed by atoms with E-state index in [1.165, 1.54) is 0 Å². The third kappa shape index (κ3) is 3.93. The molecule has 0 spiro atoms. The van der Waals surface area contributed by atoms with Crippen LogP contribution in [0.15, 0.2) is 18.3 Å². The summed E-state index contributed by atoms with van der Waals surface area (Å²) >= 11 is 4.89. The van der Waals surface area contributed by atoms with Crippen LogP contribution in [-0.4, -0.2) is 32.7 Å². The van der Waals surface area contributed by atoms with Crippen molar-refractivity contribution in [2.45, 2.75) is 0 Å². The topological polar surface area (TPSA) is 68.0 Å². The summed E-state index contributed by atoms with van der Waals surface area (Å²) in [6.07, 6.45) is 3.32. The van der Waals surface area contributed by atoms with Crippen LogP contribution in [0.1, 0.15) is 5.56 Å². The quantitative estimate of drug-likeness (QED) is 0.737. The summed E-state index contributed by atoms with van der Waals surface area (Å²) in [5.41, 5.74) is 6.25. The third-order valence-corrected chi connectivity index (χ3v) is 2.75. The Morgan fingerprint density at radius 2 is 2.47 bits per heavy atom. The molecule has 6 heteroatoms. The number of thiocarbonyl (C=S) groups is 1. The van der Waals surface area contributed by atoms with E-state index in [1.54, 1.807) is 24.6 Å². The number of nitrogens with zero attached hydrogens (tertiary/aromatic N) is 1. The molecule has 0 amide bonds. The molecule has 0 aliphatic rings. The largest absolute Gasteiger partial charge is 0.389 e. The second-order valence-electron chi connectivity index (χ2n) is 2.97. The summed E-state index contributed by atoms with van der Waals surface area (Å²) < 4.78 is 10.9. The highest BCUT2D eigenvalue weighted by Gasteiger charge is 2.04. The van der Waals surface area contributed by atoms with Crippen molar-refractivity contribution in [1.29, 1.82) is 0 Å². The second-order valence-corrected chi connectivity index (χ2v) is 4.96. The van der Waals surface area contributed by atoms with Gasteiger partial charge in [-0.3, -0.25) is 4.21 Å². The molecule has 1 aromatic rings. The Hall–Kier alpha value is -1.01. The Morgan fingerprint density at radius 1 is 1.73 bits per heavy atom. The van der Waals surface area contributed by atoms with Crippen molar-refractivity contribution in [1.82, 2.24) is 4.98 Å². The minimum absolute atomic E-state index is 0.309. The van der Waals surface area contributed by atoms with Crippen LogP contribution in [0.2, 0.25) is 0 Å². The lowest BCUT2D eigenvalue weighted by molar-refractivity contribution is 0.687. The molecule has 0 saturated heterocycles. The lowest BCUT2D eigenvalue weighted by Gasteiger charge is -2.08. The molecule has 82 valence electrons. The molecule has 0 aliphatic heterocycles. The first-order valence-corrected chi connectivity index (χ1v) is 6.53. The van der Waals surface area contributed by atoms with Crippen molar-refractivity contribution in [2.24, 2.45) is 5.73 Å². The molecule has 3 N–H and O–H groups in total. The number of rotatable bonds is 5. The standard InChI is InChI=1S/C9H13N3OS2/c1-15(13)6-5-12-9-7(8(10)14)3-2-4-11-9/h2-4H,5-6H2,1H3,(H2,10,14)(H,11,12). The Morgan fingerprint density at radius 3 is 3.07 bits per heavy atom. The average Bonchev–Trinajstić information content (AvgIpc) is 2.17. The van der Waals surface area contributed by atoms with Crippen LogP contribution in [-0.2, 0) is 10.8 Å². The predicted octanol–water partition coefficient (Wildman–Crippen LogP) is 0.506. The predicted molar refractivity (Wildman–Crippen MR) is 67.5 cm³/mol. The molecule has 0 aromatic carbocycles. The minimum Gasteiger partial charge on any atom is -0.389 e. The first-order chi connectivity index (χ1) is 7.11. The fraction of sp³-hybridized carbons (Fsp3) is 0.333. The van der Waals surface area contributed by atoms with E-state index in [9.17, 15) is 4.21 Å². The van der Waals surface area contributed by atoms with Crippen LogP contribution in [0, 0.1) is 0 Å². The molecule has 0 aliphatic carbocycles. The van der Waals surface area contributed by atoms with E-state index in [2.05, 4.69) is 10.3 Å². The fourth-order valence-electron chi connectivity index (χ4n) is 1.06. The van der Waals surface area contributed by atoms with E-state index < -0.39 is 10.8 Å². The molecule has 4 nitrogen and oxygen atoms in total. The van der Waals surface area contributed by atoms with E-state index in [-0.39, 0.29) is 0 Å². The summed E-state index contributed by atoms with van der Waals surface area (Å²) in [7, 11) is -0.811. The Bertz CT molecular complexity index is 381. The zero-order valence-electron chi connectivity index (χ0n) is 8.40. The lowest BCUT2D eigenvalue weighted by atomic mass is 10.2. The summed E-state index contributed by atoms with van der Waals surface area (Å²) in [6, 6.07) is 3.58. The van der Waals surface area contributed by atoms with Crippen molar-refractivity contribution < 1.29 is 4.21 Å². The average molecular weight is 243 g/mol. The van der Waals surface area contributed by atoms with E-state index >= 15 is 0 Å². The van der Waals surface area contributed by atoms with Crippen molar-refractivity contribution in [3.8, 4) is 0 Å². The van der Waals surface area contributed by atoms with Gasteiger partial charge in [-0.25, -0.2) is 4.98 Å². The molecule has 1 rings (SSSR count). The summed E-state index contributed by atoms with van der Waals surface area (Å²) in [6.45, 7) is 0.593. The first-order valence-electron chi connectivity index (χ1n) is 4.40. The van der Waals surface area contributed by atoms with Gasteiger partial charge in [0.2, 0.25) is 0 Å². The summed E-state index contributed by atoms with van der Waals surface area (Å²) in [5.74, 6) is 1.23. The normalized spacial score (nSPS) is 12.1. The van der Waals surface area contributed by atoms with Crippen LogP contribution in [0.3, 0.4) is 0 Å². The maximum Gasteiger partial charge on any atom is 0.136 e. The molecule has 0 fully saturated rings. The molecule has 1 heterocycles. The molecular formula is C9H13N3OS2. The summed E-state index contributed by atoms with van der Waals surface area (Å²) in [4.78, 5) is 4.43. The van der Waals surface area contributed by atoms with Gasteiger partial charge in [0.05, 0.1) is 5.56 Å². The van der Waals surface area contributed by atoms with Crippen molar-refractivity contribution >= 4 is 33.8 Å². The van der Waals surface area contributed by atoms with Crippen molar-refractivity contribution in [3.63, 3.8) is 0 Å². The van der Waals surface area contributed by atoms with E-state index in [4.69, 9.17) is 18.0 Å². The smallest absolute Gasteiger partial charge is 0.136 e. The monoisotopic (exact) mass is 243 g/mol. The number of hydrogen-bond donors (Lipinski definition) is 2. The Kier molecular flexibility index (Phi) is 4.64. The number of hydrogen-bond acceptors (Lipinski definition) is 4. The maximum atomic E-state index is 10.9. The molecule has 0 radical (unpaired) electrons. The minimum atomic E-state index is -0.811. The Balaban J connectivity index is 2.67. The van der Waals surface area contributed by atoms with Gasteiger partial charge in [0, 0.05) is 35.5 Å². The van der Waals surface area contributed by atoms with Gasteiger partial charge < -0.3 is 11.1 Å². The van der Waals surface area contributed by atoms with Gasteiger partial charge in [0.25, 0.3) is 0 Å². The SMILES string of the molecule is CS(=O)CCNc1ncccc1C(N)=S. The molecule has 1 aromatic heterocycles. The zero-order valence-corrected chi connectivity index (χ0v) is 10.0. The van der Waals surface area contributed by atoms with Gasteiger partial charge >= 0.3 is 0 Å². The fourth-order valence-corrected chi connectivity index (χ4v) is 1.61. The van der Waals surface area contributed by atoms with E-state index in [0.29, 0.717) is 23.1 Å². The van der Waals surface area contributed by atoms with Gasteiger partial charge in [0.15, 0.2) is 0 Å². The molecule has 1 unspecified atom stereocenters. The lowest BCUT2D eigenvalue weighted by Crippen LogP contribution is -2.17. The van der Waals surface area contributed by atoms with Crippen molar-refractivity contribution in [2.75, 3.05) is 23.9 Å². The van der Waals surface area contributed by atoms with Crippen LogP contribution >= 0.6 is 12.2 Å². The highest BCUT2D eigenvalue weighted by molar-refractivity contribution is 7.84. The van der Waals surface area contributed by atoms with E-state index in [1.807, 2.05) is 0 Å². The number of anilines is 1. The number of nitrogens with two attached hydrogens (primary N) is 1. The first kappa shape index (κ1) is 12.1. The highest BCUT2D eigenvalue weighted by atomic mass is 32.2. The van der Waals surface area contributed by atoms with Crippen LogP contribution in [0.25, 0.3) is 0 Å². The highest BCUT2D eigenvalue weighted by Crippen LogP contribution is 2.10. The number of aromatic nitrogens is 1. The molecule has 15 heavy (non-hydrogen) atoms. The second kappa shape index (κ2) is 5.77. The van der Waals surface area contributed by atoms with Gasteiger partial charge in [0.1, 0.15) is 10.8 Å². The van der Waals surface area contributed by atoms with Gasteiger partial charge in [-0.05, 0) is 12.1 Å². The van der Waals surface area contributed by atoms with Gasteiger partial charge in [-0.2, -0.15) is 0 Å². The Labute approximate surface area is 96.7 Å². The van der Waals surface area contributed by atoms with Gasteiger partial charge in [-0.15, -0.1) is 0 Å². The van der Waals surface area contributed by atoms with Crippen LogP contribution in [0.5, 0.6) is 0 Å². The maximum absolute atomic E-state index is 10.9. The number of pyridine rings is 1. The van der Waals surface area contributed by atoms with Crippen LogP contribution < -0.4 is 11.1 Å². The molecular weight excluding hydrogens is 230 g/mol. The van der Waals surface area contributed by atoms with Gasteiger partial charge in [-0.1, -0.05) is 12.2 Å². The zero-order chi connectivity index (χ0) is 11.3. The molecule has 0 saturated carbocycles. The van der Waals surface area contributed by atoms with Crippen molar-refractivity contribution in [3.05, 3.63) is 23.9 Å².